The zero-order chi connectivity index (χ0) is 23.7. The average molecular weight is 456 g/mol. The number of nitrogens with zero attached hydrogens (tertiary/aromatic N) is 2. The van der Waals surface area contributed by atoms with Crippen LogP contribution in [0.3, 0.4) is 0 Å². The fourth-order valence-corrected chi connectivity index (χ4v) is 2.72. The maximum atomic E-state index is 12.7. The second-order valence-electron chi connectivity index (χ2n) is 6.62. The maximum absolute atomic E-state index is 12.7. The van der Waals surface area contributed by atoms with Gasteiger partial charge in [0.1, 0.15) is 6.21 Å². The number of hydrazine groups is 1. The lowest BCUT2D eigenvalue weighted by Crippen LogP contribution is -2.40. The number of carbonyl (C=O) groups is 2. The molecule has 0 bridgehead atoms. The number of para-hydroxylation sites is 2. The van der Waals surface area contributed by atoms with Crippen molar-refractivity contribution in [1.29, 1.82) is 0 Å². The molecule has 0 fully saturated rings. The van der Waals surface area contributed by atoms with Gasteiger partial charge in [0.05, 0.1) is 16.9 Å². The first kappa shape index (κ1) is 23.3. The van der Waals surface area contributed by atoms with Gasteiger partial charge in [-0.2, -0.15) is 13.2 Å². The Morgan fingerprint density at radius 3 is 2.09 bits per heavy atom. The highest BCUT2D eigenvalue weighted by Gasteiger charge is 2.30. The summed E-state index contributed by atoms with van der Waals surface area (Å²) in [6.45, 7) is -0.497. The molecule has 0 aliphatic carbocycles. The molecular weight excluding hydrogens is 437 g/mol. The Kier molecular flexibility index (Phi) is 7.64. The van der Waals surface area contributed by atoms with E-state index in [-0.39, 0.29) is 5.69 Å². The second kappa shape index (κ2) is 10.8. The van der Waals surface area contributed by atoms with E-state index >= 15 is 0 Å². The topological polar surface area (TPSA) is 83.0 Å². The third-order valence-electron chi connectivity index (χ3n) is 4.16. The van der Waals surface area contributed by atoms with Gasteiger partial charge in [0.25, 0.3) is 11.8 Å². The molecule has 33 heavy (non-hydrogen) atoms. The van der Waals surface area contributed by atoms with Gasteiger partial charge in [-0.25, -0.2) is 0 Å². The highest BCUT2D eigenvalue weighted by molar-refractivity contribution is 6.31. The summed E-state index contributed by atoms with van der Waals surface area (Å²) in [7, 11) is 0. The number of hydrogen-bond donors (Lipinski definition) is 2. The number of anilines is 3. The van der Waals surface area contributed by atoms with Gasteiger partial charge < -0.3 is 10.2 Å². The smallest absolute Gasteiger partial charge is 0.385 e. The number of rotatable bonds is 8. The number of alkyl halides is 3. The van der Waals surface area contributed by atoms with Crippen LogP contribution in [0.4, 0.5) is 30.2 Å². The molecule has 0 saturated heterocycles. The summed E-state index contributed by atoms with van der Waals surface area (Å²) in [4.78, 5) is 29.0. The minimum atomic E-state index is -4.53. The predicted molar refractivity (Wildman–Crippen MR) is 118 cm³/mol. The van der Waals surface area contributed by atoms with Crippen molar-refractivity contribution < 1.29 is 27.6 Å². The lowest BCUT2D eigenvalue weighted by molar-refractivity contribution is -0.137. The number of nitrogens with one attached hydrogen (secondary N) is 2. The van der Waals surface area contributed by atoms with Crippen LogP contribution in [0.1, 0.15) is 5.56 Å². The Hall–Kier alpha value is -4.34. The fourth-order valence-electron chi connectivity index (χ4n) is 2.72. The Bertz CT molecular complexity index is 1070. The van der Waals surface area contributed by atoms with E-state index in [1.807, 2.05) is 60.7 Å². The summed E-state index contributed by atoms with van der Waals surface area (Å²) in [6.07, 6.45) is -3.81. The van der Waals surface area contributed by atoms with Crippen molar-refractivity contribution >= 4 is 35.1 Å². The minimum absolute atomic E-state index is 0.0552. The minimum Gasteiger partial charge on any atom is -0.385 e. The molecule has 10 heteroatoms. The van der Waals surface area contributed by atoms with Gasteiger partial charge in [0.2, 0.25) is 0 Å². The van der Waals surface area contributed by atoms with Gasteiger partial charge >= 0.3 is 6.18 Å². The first-order valence-electron chi connectivity index (χ1n) is 9.66. The predicted octanol–water partition coefficient (Wildman–Crippen LogP) is 4.52. The van der Waals surface area contributed by atoms with Gasteiger partial charge in [-0.1, -0.05) is 47.6 Å². The van der Waals surface area contributed by atoms with E-state index in [9.17, 15) is 22.8 Å². The van der Waals surface area contributed by atoms with E-state index in [1.165, 1.54) is 12.1 Å². The molecule has 0 aliphatic heterocycles. The van der Waals surface area contributed by atoms with Crippen LogP contribution in [0, 0.1) is 0 Å². The summed E-state index contributed by atoms with van der Waals surface area (Å²) in [5, 5.41) is 7.20. The van der Waals surface area contributed by atoms with E-state index < -0.39 is 30.2 Å². The fraction of sp³-hybridized carbons (Fsp3) is 0.0870. The van der Waals surface area contributed by atoms with Crippen molar-refractivity contribution in [3.8, 4) is 0 Å². The molecule has 0 saturated carbocycles. The van der Waals surface area contributed by atoms with E-state index in [2.05, 4.69) is 15.9 Å². The molecule has 170 valence electrons. The zero-order valence-corrected chi connectivity index (χ0v) is 17.1. The SMILES string of the molecule is O=C(C=NOCC(=O)NN(c1ccccc1)c1ccccc1)Nc1cccc(C(F)(F)F)c1. The van der Waals surface area contributed by atoms with Crippen LogP contribution in [0.15, 0.2) is 90.1 Å². The normalized spacial score (nSPS) is 11.1. The molecular formula is C23H19F3N4O3. The number of halogens is 3. The number of oxime groups is 1. The molecule has 7 nitrogen and oxygen atoms in total. The standard InChI is InChI=1S/C23H19F3N4O3/c24-23(25,26)17-8-7-9-18(14-17)28-21(31)15-27-33-16-22(32)29-30(19-10-3-1-4-11-19)20-12-5-2-6-13-20/h1-15H,16H2,(H,28,31)(H,29,32). The molecule has 3 rings (SSSR count). The number of carbonyl (C=O) groups excluding carboxylic acids is 2. The molecule has 0 atom stereocenters. The first-order valence-corrected chi connectivity index (χ1v) is 9.66. The molecule has 3 aromatic rings. The molecule has 0 aliphatic rings. The molecule has 0 radical (unpaired) electrons. The van der Waals surface area contributed by atoms with Crippen LogP contribution in [0.25, 0.3) is 0 Å². The molecule has 2 amide bonds. The Morgan fingerprint density at radius 1 is 0.909 bits per heavy atom. The largest absolute Gasteiger partial charge is 0.416 e. The van der Waals surface area contributed by atoms with E-state index in [1.54, 1.807) is 5.01 Å². The lowest BCUT2D eigenvalue weighted by Gasteiger charge is -2.25. The van der Waals surface area contributed by atoms with Crippen LogP contribution in [0.5, 0.6) is 0 Å². The highest BCUT2D eigenvalue weighted by Crippen LogP contribution is 2.30. The number of hydrogen-bond acceptors (Lipinski definition) is 5. The van der Waals surface area contributed by atoms with Gasteiger partial charge in [0.15, 0.2) is 6.61 Å². The summed E-state index contributed by atoms with van der Waals surface area (Å²) in [5.41, 5.74) is 3.15. The van der Waals surface area contributed by atoms with E-state index in [0.717, 1.165) is 18.3 Å². The van der Waals surface area contributed by atoms with Crippen LogP contribution in [-0.2, 0) is 20.6 Å². The second-order valence-corrected chi connectivity index (χ2v) is 6.62. The van der Waals surface area contributed by atoms with Crippen LogP contribution in [0.2, 0.25) is 0 Å². The van der Waals surface area contributed by atoms with E-state index in [0.29, 0.717) is 11.4 Å². The molecule has 2 N–H and O–H groups in total. The molecule has 0 spiro atoms. The maximum Gasteiger partial charge on any atom is 0.416 e. The van der Waals surface area contributed by atoms with Crippen molar-refractivity contribution in [2.75, 3.05) is 16.9 Å². The summed E-state index contributed by atoms with van der Waals surface area (Å²) < 4.78 is 38.2. The van der Waals surface area contributed by atoms with Crippen molar-refractivity contribution in [3.63, 3.8) is 0 Å². The Labute approximate surface area is 187 Å². The number of benzene rings is 3. The third kappa shape index (κ3) is 7.10. The van der Waals surface area contributed by atoms with Crippen molar-refractivity contribution in [2.24, 2.45) is 5.16 Å². The average Bonchev–Trinajstić information content (AvgIpc) is 2.81. The summed E-state index contributed by atoms with van der Waals surface area (Å²) >= 11 is 0. The van der Waals surface area contributed by atoms with Crippen LogP contribution in [-0.4, -0.2) is 24.6 Å². The monoisotopic (exact) mass is 456 g/mol. The van der Waals surface area contributed by atoms with Crippen LogP contribution >= 0.6 is 0 Å². The zero-order valence-electron chi connectivity index (χ0n) is 17.1. The van der Waals surface area contributed by atoms with Crippen molar-refractivity contribution in [1.82, 2.24) is 5.43 Å². The highest BCUT2D eigenvalue weighted by atomic mass is 19.4. The quantitative estimate of drug-likeness (QED) is 0.386. The summed E-state index contributed by atoms with van der Waals surface area (Å²) in [6, 6.07) is 22.4. The first-order chi connectivity index (χ1) is 15.8. The summed E-state index contributed by atoms with van der Waals surface area (Å²) in [5.74, 6) is -1.36. The molecule has 0 heterocycles. The van der Waals surface area contributed by atoms with Crippen LogP contribution < -0.4 is 15.8 Å². The van der Waals surface area contributed by atoms with Gasteiger partial charge in [0, 0.05) is 5.69 Å². The third-order valence-corrected chi connectivity index (χ3v) is 4.16. The lowest BCUT2D eigenvalue weighted by atomic mass is 10.2. The molecule has 0 aromatic heterocycles. The van der Waals surface area contributed by atoms with Gasteiger partial charge in [-0.15, -0.1) is 0 Å². The van der Waals surface area contributed by atoms with Crippen molar-refractivity contribution in [3.05, 3.63) is 90.5 Å². The van der Waals surface area contributed by atoms with E-state index in [4.69, 9.17) is 4.84 Å². The molecule has 0 unspecified atom stereocenters. The Balaban J connectivity index is 1.53. The molecule has 3 aromatic carbocycles. The number of amides is 2. The Morgan fingerprint density at radius 2 is 1.52 bits per heavy atom. The van der Waals surface area contributed by atoms with Gasteiger partial charge in [-0.05, 0) is 42.5 Å². The van der Waals surface area contributed by atoms with Gasteiger partial charge in [-0.3, -0.25) is 20.0 Å². The van der Waals surface area contributed by atoms with Crippen molar-refractivity contribution in [2.45, 2.75) is 6.18 Å².